The summed E-state index contributed by atoms with van der Waals surface area (Å²) in [6.07, 6.45) is 62.7. The van der Waals surface area contributed by atoms with Crippen LogP contribution in [0, 0.1) is 0 Å². The van der Waals surface area contributed by atoms with Crippen LogP contribution in [0.4, 0.5) is 0 Å². The molecule has 0 aliphatic heterocycles. The summed E-state index contributed by atoms with van der Waals surface area (Å²) in [7, 11) is 0. The van der Waals surface area contributed by atoms with Crippen molar-refractivity contribution in [3.63, 3.8) is 0 Å². The molecule has 332 valence electrons. The monoisotopic (exact) mass is 789 g/mol. The fraction of sp³-hybridized carbons (Fsp3) is 0.904. The van der Waals surface area contributed by atoms with Crippen molar-refractivity contribution in [1.82, 2.24) is 0 Å². The third-order valence-corrected chi connectivity index (χ3v) is 11.5. The Labute approximate surface area is 351 Å². The van der Waals surface area contributed by atoms with Crippen molar-refractivity contribution in [3.05, 3.63) is 24.3 Å². The molecule has 0 aliphatic rings. The highest BCUT2D eigenvalue weighted by molar-refractivity contribution is 5.69. The molecule has 1 N–H and O–H groups in total. The quantitative estimate of drug-likeness (QED) is 0.0379. The molecule has 4 heteroatoms. The first-order valence-electron chi connectivity index (χ1n) is 25.4. The molecule has 0 bridgehead atoms. The van der Waals surface area contributed by atoms with E-state index in [0.717, 1.165) is 19.3 Å². The second-order valence-corrected chi connectivity index (χ2v) is 17.2. The van der Waals surface area contributed by atoms with Crippen LogP contribution in [0.1, 0.15) is 277 Å². The molecule has 0 aromatic rings. The molecule has 1 unspecified atom stereocenters. The average molecular weight is 789 g/mol. The van der Waals surface area contributed by atoms with Crippen molar-refractivity contribution in [2.75, 3.05) is 19.8 Å². The van der Waals surface area contributed by atoms with E-state index in [1.165, 1.54) is 238 Å². The zero-order valence-electron chi connectivity index (χ0n) is 38.2. The second kappa shape index (κ2) is 50.0. The average Bonchev–Trinajstić information content (AvgIpc) is 3.20. The normalized spacial score (nSPS) is 12.4. The molecule has 0 amide bonds. The number of ether oxygens (including phenoxy) is 2. The Morgan fingerprint density at radius 2 is 0.696 bits per heavy atom. The summed E-state index contributed by atoms with van der Waals surface area (Å²) in [6.45, 7) is 5.38. The van der Waals surface area contributed by atoms with Crippen LogP contribution in [0.2, 0.25) is 0 Å². The molecule has 0 aromatic carbocycles. The van der Waals surface area contributed by atoms with Gasteiger partial charge < -0.3 is 14.6 Å². The predicted octanol–water partition coefficient (Wildman–Crippen LogP) is 17.1. The van der Waals surface area contributed by atoms with Crippen LogP contribution >= 0.6 is 0 Å². The summed E-state index contributed by atoms with van der Waals surface area (Å²) in [4.78, 5) is 12.2. The summed E-state index contributed by atoms with van der Waals surface area (Å²) in [5, 5.41) is 9.64. The smallest absolute Gasteiger partial charge is 0.306 e. The minimum Gasteiger partial charge on any atom is -0.457 e. The summed E-state index contributed by atoms with van der Waals surface area (Å²) in [6, 6.07) is 0. The molecule has 0 spiro atoms. The van der Waals surface area contributed by atoms with E-state index >= 15 is 0 Å². The van der Waals surface area contributed by atoms with Gasteiger partial charge in [-0.1, -0.05) is 231 Å². The lowest BCUT2D eigenvalue weighted by Gasteiger charge is -2.16. The van der Waals surface area contributed by atoms with E-state index < -0.39 is 6.10 Å². The van der Waals surface area contributed by atoms with Crippen molar-refractivity contribution < 1.29 is 19.4 Å². The van der Waals surface area contributed by atoms with E-state index in [-0.39, 0.29) is 12.6 Å². The van der Waals surface area contributed by atoms with Gasteiger partial charge in [-0.25, -0.2) is 0 Å². The molecule has 0 fully saturated rings. The maximum Gasteiger partial charge on any atom is 0.306 e. The fourth-order valence-electron chi connectivity index (χ4n) is 7.67. The molecule has 0 radical (unpaired) electrons. The minimum atomic E-state index is -0.534. The predicted molar refractivity (Wildman–Crippen MR) is 247 cm³/mol. The van der Waals surface area contributed by atoms with Crippen molar-refractivity contribution in [2.24, 2.45) is 0 Å². The van der Waals surface area contributed by atoms with E-state index in [4.69, 9.17) is 9.47 Å². The van der Waals surface area contributed by atoms with E-state index in [1.807, 2.05) is 0 Å². The van der Waals surface area contributed by atoms with Crippen LogP contribution in [0.15, 0.2) is 24.3 Å². The van der Waals surface area contributed by atoms with Crippen LogP contribution in [0.25, 0.3) is 0 Å². The standard InChI is InChI=1S/C52H100O4/c1-3-5-7-9-11-13-15-17-19-21-23-24-25-26-27-28-29-30-32-34-36-38-40-42-44-46-48-55-50-51(49-53)56-52(54)47-45-43-41-39-37-35-33-31-22-20-18-16-14-12-10-8-6-4-2/h20-23,51,53H,3-19,24-50H2,1-2H3/b22-20-,23-21-. The van der Waals surface area contributed by atoms with Crippen LogP contribution in [-0.4, -0.2) is 37.0 Å². The fourth-order valence-corrected chi connectivity index (χ4v) is 7.67. The minimum absolute atomic E-state index is 0.169. The van der Waals surface area contributed by atoms with Crippen molar-refractivity contribution in [1.29, 1.82) is 0 Å². The molecular formula is C52H100O4. The first kappa shape index (κ1) is 54.9. The van der Waals surface area contributed by atoms with Crippen molar-refractivity contribution in [2.45, 2.75) is 283 Å². The number of hydrogen-bond donors (Lipinski definition) is 1. The van der Waals surface area contributed by atoms with Crippen LogP contribution in [0.5, 0.6) is 0 Å². The summed E-state index contributed by atoms with van der Waals surface area (Å²) >= 11 is 0. The summed E-state index contributed by atoms with van der Waals surface area (Å²) in [5.41, 5.74) is 0. The topological polar surface area (TPSA) is 55.8 Å². The number of unbranched alkanes of at least 4 members (excludes halogenated alkanes) is 36. The number of aliphatic hydroxyl groups excluding tert-OH is 1. The molecule has 0 heterocycles. The van der Waals surface area contributed by atoms with Gasteiger partial charge in [0.15, 0.2) is 0 Å². The van der Waals surface area contributed by atoms with E-state index in [0.29, 0.717) is 19.6 Å². The van der Waals surface area contributed by atoms with Crippen LogP contribution < -0.4 is 0 Å². The molecule has 0 saturated carbocycles. The largest absolute Gasteiger partial charge is 0.457 e. The van der Waals surface area contributed by atoms with Crippen LogP contribution in [-0.2, 0) is 14.3 Å². The highest BCUT2D eigenvalue weighted by Gasteiger charge is 2.13. The Bertz CT molecular complexity index is 792. The van der Waals surface area contributed by atoms with Crippen LogP contribution in [0.3, 0.4) is 0 Å². The second-order valence-electron chi connectivity index (χ2n) is 17.2. The number of esters is 1. The number of allylic oxidation sites excluding steroid dienone is 4. The first-order chi connectivity index (χ1) is 27.7. The molecule has 56 heavy (non-hydrogen) atoms. The Balaban J connectivity index is 3.36. The van der Waals surface area contributed by atoms with Gasteiger partial charge in [-0.3, -0.25) is 4.79 Å². The summed E-state index contributed by atoms with van der Waals surface area (Å²) in [5.74, 6) is -0.200. The number of hydrogen-bond acceptors (Lipinski definition) is 4. The third kappa shape index (κ3) is 47.2. The zero-order chi connectivity index (χ0) is 40.5. The van der Waals surface area contributed by atoms with E-state index in [9.17, 15) is 9.90 Å². The molecular weight excluding hydrogens is 689 g/mol. The zero-order valence-corrected chi connectivity index (χ0v) is 38.2. The Kier molecular flexibility index (Phi) is 49.0. The maximum atomic E-state index is 12.2. The van der Waals surface area contributed by atoms with Crippen molar-refractivity contribution in [3.8, 4) is 0 Å². The number of rotatable bonds is 48. The van der Waals surface area contributed by atoms with Gasteiger partial charge in [0.25, 0.3) is 0 Å². The van der Waals surface area contributed by atoms with Gasteiger partial charge in [0.1, 0.15) is 6.10 Å². The van der Waals surface area contributed by atoms with Gasteiger partial charge in [-0.15, -0.1) is 0 Å². The molecule has 0 aliphatic carbocycles. The van der Waals surface area contributed by atoms with Gasteiger partial charge in [-0.05, 0) is 64.2 Å². The number of carbonyl (C=O) groups excluding carboxylic acids is 1. The lowest BCUT2D eigenvalue weighted by Crippen LogP contribution is -2.27. The third-order valence-electron chi connectivity index (χ3n) is 11.5. The molecule has 0 rings (SSSR count). The summed E-state index contributed by atoms with van der Waals surface area (Å²) < 4.78 is 11.2. The molecule has 4 nitrogen and oxygen atoms in total. The highest BCUT2D eigenvalue weighted by Crippen LogP contribution is 2.16. The molecule has 0 aromatic heterocycles. The van der Waals surface area contributed by atoms with Gasteiger partial charge in [0, 0.05) is 13.0 Å². The van der Waals surface area contributed by atoms with Crippen molar-refractivity contribution >= 4 is 5.97 Å². The van der Waals surface area contributed by atoms with E-state index in [1.54, 1.807) is 0 Å². The molecule has 0 saturated heterocycles. The Morgan fingerprint density at radius 1 is 0.411 bits per heavy atom. The van der Waals surface area contributed by atoms with Gasteiger partial charge in [0.05, 0.1) is 13.2 Å². The first-order valence-corrected chi connectivity index (χ1v) is 25.4. The van der Waals surface area contributed by atoms with Gasteiger partial charge in [-0.2, -0.15) is 0 Å². The van der Waals surface area contributed by atoms with Gasteiger partial charge >= 0.3 is 5.97 Å². The lowest BCUT2D eigenvalue weighted by atomic mass is 10.0. The Hall–Kier alpha value is -1.13. The maximum absolute atomic E-state index is 12.2. The lowest BCUT2D eigenvalue weighted by molar-refractivity contribution is -0.154. The SMILES string of the molecule is CCCCCCCCC/C=C\CCCCCCCCCC(=O)OC(CO)COCCCCCCCCCCCCCCCC/C=C\CCCCCCCCCC. The Morgan fingerprint density at radius 3 is 1.02 bits per heavy atom. The number of aliphatic hydroxyl groups is 1. The van der Waals surface area contributed by atoms with Gasteiger partial charge in [0.2, 0.25) is 0 Å². The number of carbonyl (C=O) groups is 1. The highest BCUT2D eigenvalue weighted by atomic mass is 16.6. The molecule has 1 atom stereocenters. The van der Waals surface area contributed by atoms with E-state index in [2.05, 4.69) is 38.2 Å².